The summed E-state index contributed by atoms with van der Waals surface area (Å²) in [6.07, 6.45) is -4.75. The zero-order valence-electron chi connectivity index (χ0n) is 10.5. The van der Waals surface area contributed by atoms with Gasteiger partial charge in [0.2, 0.25) is 0 Å². The van der Waals surface area contributed by atoms with Gasteiger partial charge in [0.1, 0.15) is 5.75 Å². The lowest BCUT2D eigenvalue weighted by Crippen LogP contribution is -2.32. The van der Waals surface area contributed by atoms with E-state index in [0.717, 1.165) is 12.1 Å². The van der Waals surface area contributed by atoms with Gasteiger partial charge in [-0.3, -0.25) is 4.79 Å². The van der Waals surface area contributed by atoms with E-state index in [1.807, 2.05) is 0 Å². The first kappa shape index (κ1) is 15.8. The molecule has 20 heavy (non-hydrogen) atoms. The van der Waals surface area contributed by atoms with Crippen LogP contribution in [0.1, 0.15) is 12.5 Å². The lowest BCUT2D eigenvalue weighted by Gasteiger charge is -2.09. The monoisotopic (exact) mass is 291 g/mol. The molecule has 0 radical (unpaired) electrons. The SMILES string of the molecule is CCOC(=O)C(=O)NCc1ccc(OC(F)(F)F)cc1. The van der Waals surface area contributed by atoms with Gasteiger partial charge in [0.15, 0.2) is 0 Å². The van der Waals surface area contributed by atoms with Gasteiger partial charge in [-0.1, -0.05) is 12.1 Å². The summed E-state index contributed by atoms with van der Waals surface area (Å²) in [5.41, 5.74) is 0.511. The van der Waals surface area contributed by atoms with E-state index in [1.165, 1.54) is 12.1 Å². The minimum atomic E-state index is -4.75. The molecule has 0 fully saturated rings. The quantitative estimate of drug-likeness (QED) is 0.678. The van der Waals surface area contributed by atoms with E-state index in [9.17, 15) is 22.8 Å². The van der Waals surface area contributed by atoms with Gasteiger partial charge in [-0.2, -0.15) is 0 Å². The van der Waals surface area contributed by atoms with Crippen molar-refractivity contribution in [2.45, 2.75) is 19.8 Å². The molecule has 0 saturated carbocycles. The number of ether oxygens (including phenoxy) is 2. The number of alkyl halides is 3. The zero-order chi connectivity index (χ0) is 15.2. The number of hydrogen-bond donors (Lipinski definition) is 1. The maximum atomic E-state index is 11.9. The average molecular weight is 291 g/mol. The number of halogens is 3. The molecule has 8 heteroatoms. The minimum absolute atomic E-state index is 0.00997. The summed E-state index contributed by atoms with van der Waals surface area (Å²) < 4.78 is 43.9. The van der Waals surface area contributed by atoms with Gasteiger partial charge in [-0.25, -0.2) is 4.79 Å². The van der Waals surface area contributed by atoms with Crippen LogP contribution in [0.5, 0.6) is 5.75 Å². The Morgan fingerprint density at radius 3 is 2.30 bits per heavy atom. The summed E-state index contributed by atoms with van der Waals surface area (Å²) >= 11 is 0. The molecule has 0 aliphatic carbocycles. The van der Waals surface area contributed by atoms with E-state index in [2.05, 4.69) is 14.8 Å². The van der Waals surface area contributed by atoms with Crippen LogP contribution >= 0.6 is 0 Å². The van der Waals surface area contributed by atoms with Gasteiger partial charge in [0.25, 0.3) is 0 Å². The Bertz CT molecular complexity index is 471. The lowest BCUT2D eigenvalue weighted by molar-refractivity contribution is -0.274. The highest BCUT2D eigenvalue weighted by Gasteiger charge is 2.30. The summed E-state index contributed by atoms with van der Waals surface area (Å²) in [7, 11) is 0. The average Bonchev–Trinajstić information content (AvgIpc) is 2.36. The fourth-order valence-corrected chi connectivity index (χ4v) is 1.26. The Hall–Kier alpha value is -2.25. The summed E-state index contributed by atoms with van der Waals surface area (Å²) in [5.74, 6) is -2.29. The maximum absolute atomic E-state index is 11.9. The van der Waals surface area contributed by atoms with Gasteiger partial charge >= 0.3 is 18.2 Å². The van der Waals surface area contributed by atoms with Crippen molar-refractivity contribution in [2.75, 3.05) is 6.61 Å². The van der Waals surface area contributed by atoms with Crippen LogP contribution in [0.2, 0.25) is 0 Å². The number of nitrogens with one attached hydrogen (secondary N) is 1. The molecule has 0 bridgehead atoms. The first-order valence-electron chi connectivity index (χ1n) is 5.61. The molecule has 1 aromatic rings. The number of hydrogen-bond acceptors (Lipinski definition) is 4. The van der Waals surface area contributed by atoms with Gasteiger partial charge in [-0.05, 0) is 24.6 Å². The molecular weight excluding hydrogens is 279 g/mol. The molecule has 0 atom stereocenters. The van der Waals surface area contributed by atoms with Crippen molar-refractivity contribution in [1.29, 1.82) is 0 Å². The van der Waals surface area contributed by atoms with Crippen molar-refractivity contribution in [3.63, 3.8) is 0 Å². The highest BCUT2D eigenvalue weighted by atomic mass is 19.4. The number of benzene rings is 1. The fourth-order valence-electron chi connectivity index (χ4n) is 1.26. The predicted molar refractivity (Wildman–Crippen MR) is 61.6 cm³/mol. The second-order valence-corrected chi connectivity index (χ2v) is 3.59. The Kier molecular flexibility index (Phi) is 5.36. The Balaban J connectivity index is 2.50. The molecule has 0 aliphatic rings. The third kappa shape index (κ3) is 5.59. The summed E-state index contributed by atoms with van der Waals surface area (Å²) in [6, 6.07) is 4.90. The molecule has 5 nitrogen and oxygen atoms in total. The number of esters is 1. The second kappa shape index (κ2) is 6.78. The number of carbonyl (C=O) groups excluding carboxylic acids is 2. The van der Waals surface area contributed by atoms with Gasteiger partial charge < -0.3 is 14.8 Å². The third-order valence-corrected chi connectivity index (χ3v) is 2.07. The molecular formula is C12H12F3NO4. The maximum Gasteiger partial charge on any atom is 0.573 e. The zero-order valence-corrected chi connectivity index (χ0v) is 10.5. The standard InChI is InChI=1S/C12H12F3NO4/c1-2-19-11(18)10(17)16-7-8-3-5-9(6-4-8)20-12(13,14)15/h3-6H,2,7H2,1H3,(H,16,17). The Morgan fingerprint density at radius 1 is 1.20 bits per heavy atom. The number of amides is 1. The summed E-state index contributed by atoms with van der Waals surface area (Å²) in [6.45, 7) is 1.63. The van der Waals surface area contributed by atoms with Crippen molar-refractivity contribution in [3.8, 4) is 5.75 Å². The minimum Gasteiger partial charge on any atom is -0.459 e. The van der Waals surface area contributed by atoms with Crippen molar-refractivity contribution in [2.24, 2.45) is 0 Å². The van der Waals surface area contributed by atoms with Crippen LogP contribution in [0.4, 0.5) is 13.2 Å². The van der Waals surface area contributed by atoms with Crippen LogP contribution in [0.25, 0.3) is 0 Å². The van der Waals surface area contributed by atoms with Gasteiger partial charge in [0.05, 0.1) is 6.61 Å². The molecule has 1 N–H and O–H groups in total. The van der Waals surface area contributed by atoms with Crippen LogP contribution in [-0.2, 0) is 20.9 Å². The Labute approximate surface area is 112 Å². The number of carbonyl (C=O) groups is 2. The van der Waals surface area contributed by atoms with E-state index in [4.69, 9.17) is 0 Å². The van der Waals surface area contributed by atoms with Crippen molar-refractivity contribution in [1.82, 2.24) is 5.32 Å². The molecule has 1 rings (SSSR count). The summed E-state index contributed by atoms with van der Waals surface area (Å²) in [5, 5.41) is 2.27. The molecule has 0 unspecified atom stereocenters. The van der Waals surface area contributed by atoms with Crippen molar-refractivity contribution in [3.05, 3.63) is 29.8 Å². The van der Waals surface area contributed by atoms with Crippen LogP contribution in [-0.4, -0.2) is 24.8 Å². The second-order valence-electron chi connectivity index (χ2n) is 3.59. The van der Waals surface area contributed by atoms with E-state index in [-0.39, 0.29) is 18.9 Å². The molecule has 0 aliphatic heterocycles. The molecule has 0 spiro atoms. The molecule has 0 saturated heterocycles. The topological polar surface area (TPSA) is 64.6 Å². The van der Waals surface area contributed by atoms with E-state index in [0.29, 0.717) is 5.56 Å². The molecule has 1 aromatic carbocycles. The molecule has 0 aromatic heterocycles. The number of rotatable bonds is 4. The molecule has 110 valence electrons. The third-order valence-electron chi connectivity index (χ3n) is 2.07. The lowest BCUT2D eigenvalue weighted by atomic mass is 10.2. The van der Waals surface area contributed by atoms with Crippen LogP contribution in [0, 0.1) is 0 Å². The highest BCUT2D eigenvalue weighted by Crippen LogP contribution is 2.22. The van der Waals surface area contributed by atoms with E-state index in [1.54, 1.807) is 6.92 Å². The van der Waals surface area contributed by atoms with Gasteiger partial charge in [0, 0.05) is 6.54 Å². The highest BCUT2D eigenvalue weighted by molar-refractivity contribution is 6.32. The first-order chi connectivity index (χ1) is 9.31. The van der Waals surface area contributed by atoms with Crippen LogP contribution < -0.4 is 10.1 Å². The van der Waals surface area contributed by atoms with Crippen LogP contribution in [0.3, 0.4) is 0 Å². The van der Waals surface area contributed by atoms with Crippen molar-refractivity contribution >= 4 is 11.9 Å². The van der Waals surface area contributed by atoms with E-state index >= 15 is 0 Å². The Morgan fingerprint density at radius 2 is 1.80 bits per heavy atom. The first-order valence-corrected chi connectivity index (χ1v) is 5.61. The molecule has 1 amide bonds. The van der Waals surface area contributed by atoms with E-state index < -0.39 is 18.2 Å². The van der Waals surface area contributed by atoms with Crippen molar-refractivity contribution < 1.29 is 32.2 Å². The smallest absolute Gasteiger partial charge is 0.459 e. The largest absolute Gasteiger partial charge is 0.573 e. The predicted octanol–water partition coefficient (Wildman–Crippen LogP) is 1.76. The van der Waals surface area contributed by atoms with Crippen LogP contribution in [0.15, 0.2) is 24.3 Å². The fraction of sp³-hybridized carbons (Fsp3) is 0.333. The normalized spacial score (nSPS) is 10.8. The summed E-state index contributed by atoms with van der Waals surface area (Å²) in [4.78, 5) is 22.2. The molecule has 0 heterocycles. The van der Waals surface area contributed by atoms with Gasteiger partial charge in [-0.15, -0.1) is 13.2 Å².